The first kappa shape index (κ1) is 16.9. The van der Waals surface area contributed by atoms with Crippen molar-refractivity contribution in [3.8, 4) is 0 Å². The standard InChI is InChI=1S/C14H29NO4/c1-18-10-12(16)7-8-15-9-13(17)11-19-14-5-3-2-4-6-14/h12-17H,2-11H2,1H3. The Labute approximate surface area is 116 Å². The van der Waals surface area contributed by atoms with Gasteiger partial charge >= 0.3 is 0 Å². The Bertz CT molecular complexity index is 210. The Morgan fingerprint density at radius 2 is 1.84 bits per heavy atom. The fourth-order valence-electron chi connectivity index (χ4n) is 2.35. The van der Waals surface area contributed by atoms with E-state index in [4.69, 9.17) is 9.47 Å². The molecule has 3 N–H and O–H groups in total. The summed E-state index contributed by atoms with van der Waals surface area (Å²) >= 11 is 0. The van der Waals surface area contributed by atoms with E-state index in [0.717, 1.165) is 12.8 Å². The van der Waals surface area contributed by atoms with Gasteiger partial charge in [0.05, 0.1) is 31.5 Å². The molecule has 19 heavy (non-hydrogen) atoms. The number of ether oxygens (including phenoxy) is 2. The highest BCUT2D eigenvalue weighted by molar-refractivity contribution is 4.67. The van der Waals surface area contributed by atoms with Crippen LogP contribution in [0.5, 0.6) is 0 Å². The lowest BCUT2D eigenvalue weighted by atomic mass is 9.98. The maximum Gasteiger partial charge on any atom is 0.0897 e. The summed E-state index contributed by atoms with van der Waals surface area (Å²) < 4.78 is 10.5. The van der Waals surface area contributed by atoms with Crippen LogP contribution in [0.25, 0.3) is 0 Å². The van der Waals surface area contributed by atoms with Gasteiger partial charge in [0, 0.05) is 13.7 Å². The van der Waals surface area contributed by atoms with Crippen molar-refractivity contribution < 1.29 is 19.7 Å². The average Bonchev–Trinajstić information content (AvgIpc) is 2.43. The van der Waals surface area contributed by atoms with E-state index in [9.17, 15) is 10.2 Å². The predicted octanol–water partition coefficient (Wildman–Crippen LogP) is 0.684. The van der Waals surface area contributed by atoms with Crippen molar-refractivity contribution in [2.24, 2.45) is 0 Å². The third-order valence-corrected chi connectivity index (χ3v) is 3.47. The van der Waals surface area contributed by atoms with E-state index >= 15 is 0 Å². The molecule has 5 nitrogen and oxygen atoms in total. The SMILES string of the molecule is COCC(O)CCNCC(O)COC1CCCCC1. The van der Waals surface area contributed by atoms with Crippen LogP contribution in [0.2, 0.25) is 0 Å². The Morgan fingerprint density at radius 3 is 2.53 bits per heavy atom. The van der Waals surface area contributed by atoms with Crippen LogP contribution in [-0.4, -0.2) is 61.9 Å². The van der Waals surface area contributed by atoms with Crippen molar-refractivity contribution in [1.29, 1.82) is 0 Å². The van der Waals surface area contributed by atoms with Gasteiger partial charge in [0.15, 0.2) is 0 Å². The quantitative estimate of drug-likeness (QED) is 0.512. The molecule has 0 radical (unpaired) electrons. The second-order valence-corrected chi connectivity index (χ2v) is 5.35. The molecule has 5 heteroatoms. The van der Waals surface area contributed by atoms with Gasteiger partial charge in [0.2, 0.25) is 0 Å². The molecule has 2 unspecified atom stereocenters. The Kier molecular flexibility index (Phi) is 9.38. The Balaban J connectivity index is 1.93. The summed E-state index contributed by atoms with van der Waals surface area (Å²) in [6.45, 7) is 1.94. The molecule has 0 aromatic carbocycles. The molecule has 1 fully saturated rings. The smallest absolute Gasteiger partial charge is 0.0897 e. The van der Waals surface area contributed by atoms with Gasteiger partial charge in [-0.3, -0.25) is 0 Å². The first-order chi connectivity index (χ1) is 9.22. The highest BCUT2D eigenvalue weighted by Crippen LogP contribution is 2.20. The summed E-state index contributed by atoms with van der Waals surface area (Å²) in [5.41, 5.74) is 0. The molecule has 1 saturated carbocycles. The van der Waals surface area contributed by atoms with Gasteiger partial charge in [0.1, 0.15) is 0 Å². The fourth-order valence-corrected chi connectivity index (χ4v) is 2.35. The van der Waals surface area contributed by atoms with Crippen LogP contribution in [0.1, 0.15) is 38.5 Å². The lowest BCUT2D eigenvalue weighted by molar-refractivity contribution is -0.0232. The van der Waals surface area contributed by atoms with Crippen molar-refractivity contribution >= 4 is 0 Å². The van der Waals surface area contributed by atoms with Gasteiger partial charge in [-0.25, -0.2) is 0 Å². The lowest BCUT2D eigenvalue weighted by Gasteiger charge is -2.23. The number of aliphatic hydroxyl groups is 2. The van der Waals surface area contributed by atoms with Crippen LogP contribution >= 0.6 is 0 Å². The summed E-state index contributed by atoms with van der Waals surface area (Å²) in [7, 11) is 1.57. The van der Waals surface area contributed by atoms with Crippen LogP contribution in [-0.2, 0) is 9.47 Å². The number of hydrogen-bond acceptors (Lipinski definition) is 5. The van der Waals surface area contributed by atoms with Gasteiger partial charge in [-0.05, 0) is 25.8 Å². The number of hydrogen-bond donors (Lipinski definition) is 3. The fraction of sp³-hybridized carbons (Fsp3) is 1.00. The van der Waals surface area contributed by atoms with E-state index in [1.807, 2.05) is 0 Å². The van der Waals surface area contributed by atoms with Gasteiger partial charge in [-0.2, -0.15) is 0 Å². The topological polar surface area (TPSA) is 71.0 Å². The lowest BCUT2D eigenvalue weighted by Crippen LogP contribution is -2.34. The summed E-state index contributed by atoms with van der Waals surface area (Å²) in [6, 6.07) is 0. The average molecular weight is 275 g/mol. The summed E-state index contributed by atoms with van der Waals surface area (Å²) in [5.74, 6) is 0. The first-order valence-electron chi connectivity index (χ1n) is 7.39. The van der Waals surface area contributed by atoms with Crippen molar-refractivity contribution in [2.45, 2.75) is 56.8 Å². The molecule has 0 aromatic rings. The molecular formula is C14H29NO4. The Hall–Kier alpha value is -0.200. The second kappa shape index (κ2) is 10.6. The van der Waals surface area contributed by atoms with Crippen LogP contribution in [0.3, 0.4) is 0 Å². The van der Waals surface area contributed by atoms with E-state index in [1.54, 1.807) is 7.11 Å². The zero-order valence-corrected chi connectivity index (χ0v) is 12.0. The van der Waals surface area contributed by atoms with E-state index in [1.165, 1.54) is 19.3 Å². The van der Waals surface area contributed by atoms with Gasteiger partial charge in [-0.15, -0.1) is 0 Å². The molecule has 1 rings (SSSR count). The van der Waals surface area contributed by atoms with Crippen LogP contribution in [0, 0.1) is 0 Å². The van der Waals surface area contributed by atoms with Crippen LogP contribution in [0.15, 0.2) is 0 Å². The summed E-state index contributed by atoms with van der Waals surface area (Å²) in [4.78, 5) is 0. The second-order valence-electron chi connectivity index (χ2n) is 5.35. The molecule has 114 valence electrons. The Morgan fingerprint density at radius 1 is 1.11 bits per heavy atom. The zero-order chi connectivity index (χ0) is 13.9. The minimum atomic E-state index is -0.471. The molecule has 2 atom stereocenters. The van der Waals surface area contributed by atoms with Crippen molar-refractivity contribution in [2.75, 3.05) is 33.4 Å². The molecule has 0 saturated heterocycles. The minimum Gasteiger partial charge on any atom is -0.391 e. The zero-order valence-electron chi connectivity index (χ0n) is 12.0. The number of rotatable bonds is 10. The van der Waals surface area contributed by atoms with Crippen molar-refractivity contribution in [1.82, 2.24) is 5.32 Å². The maximum atomic E-state index is 9.77. The molecule has 0 aromatic heterocycles. The van der Waals surface area contributed by atoms with Crippen LogP contribution < -0.4 is 5.32 Å². The van der Waals surface area contributed by atoms with Crippen molar-refractivity contribution in [3.63, 3.8) is 0 Å². The van der Waals surface area contributed by atoms with Crippen LogP contribution in [0.4, 0.5) is 0 Å². The molecule has 1 aliphatic carbocycles. The predicted molar refractivity (Wildman–Crippen MR) is 74.2 cm³/mol. The van der Waals surface area contributed by atoms with Gasteiger partial charge < -0.3 is 25.0 Å². The molecule has 1 aliphatic rings. The third kappa shape index (κ3) is 8.55. The summed E-state index contributed by atoms with van der Waals surface area (Å²) in [6.07, 6.45) is 6.12. The third-order valence-electron chi connectivity index (χ3n) is 3.47. The largest absolute Gasteiger partial charge is 0.391 e. The first-order valence-corrected chi connectivity index (χ1v) is 7.39. The van der Waals surface area contributed by atoms with E-state index in [0.29, 0.717) is 38.8 Å². The van der Waals surface area contributed by atoms with E-state index in [2.05, 4.69) is 5.32 Å². The number of aliphatic hydroxyl groups excluding tert-OH is 2. The molecule has 0 bridgehead atoms. The maximum absolute atomic E-state index is 9.77. The van der Waals surface area contributed by atoms with Gasteiger partial charge in [0.25, 0.3) is 0 Å². The summed E-state index contributed by atoms with van der Waals surface area (Å²) in [5, 5.41) is 22.3. The van der Waals surface area contributed by atoms with E-state index < -0.39 is 12.2 Å². The molecule has 0 heterocycles. The van der Waals surface area contributed by atoms with Crippen molar-refractivity contribution in [3.05, 3.63) is 0 Å². The minimum absolute atomic E-state index is 0.340. The number of nitrogens with one attached hydrogen (secondary N) is 1. The van der Waals surface area contributed by atoms with Gasteiger partial charge in [-0.1, -0.05) is 19.3 Å². The highest BCUT2D eigenvalue weighted by atomic mass is 16.5. The normalized spacial score (nSPS) is 20.4. The molecule has 0 amide bonds. The highest BCUT2D eigenvalue weighted by Gasteiger charge is 2.15. The molecule has 0 aliphatic heterocycles. The molecule has 0 spiro atoms. The monoisotopic (exact) mass is 275 g/mol. The number of methoxy groups -OCH3 is 1. The van der Waals surface area contributed by atoms with E-state index in [-0.39, 0.29) is 0 Å². The molecular weight excluding hydrogens is 246 g/mol.